The van der Waals surface area contributed by atoms with Crippen LogP contribution in [-0.2, 0) is 76.3 Å². The highest BCUT2D eigenvalue weighted by atomic mass is 16.6. The average Bonchev–Trinajstić information content (AvgIpc) is 3.44. The summed E-state index contributed by atoms with van der Waals surface area (Å²) in [6.45, 7) is 7.22. The molecule has 412 valence electrons. The molecule has 0 radical (unpaired) electrons. The molecule has 0 atom stereocenters. The minimum atomic E-state index is -0.853. The third kappa shape index (κ3) is 18.4. The largest absolute Gasteiger partial charge is 0.465 e. The summed E-state index contributed by atoms with van der Waals surface area (Å²) in [5.41, 5.74) is -0.334. The zero-order valence-corrected chi connectivity index (χ0v) is 42.6. The van der Waals surface area contributed by atoms with Crippen molar-refractivity contribution in [1.29, 1.82) is 0 Å². The first-order valence-corrected chi connectivity index (χ1v) is 25.0. The van der Waals surface area contributed by atoms with Crippen LogP contribution < -0.4 is 18.9 Å². The quantitative estimate of drug-likeness (QED) is 0.0365. The van der Waals surface area contributed by atoms with Gasteiger partial charge in [-0.3, -0.25) is 28.8 Å². The fraction of sp³-hybridized carbons (Fsp3) is 0.519. The van der Waals surface area contributed by atoms with Crippen molar-refractivity contribution in [3.63, 3.8) is 0 Å². The Morgan fingerprint density at radius 3 is 0.961 bits per heavy atom. The summed E-state index contributed by atoms with van der Waals surface area (Å²) in [7, 11) is 2.28. The smallest absolute Gasteiger partial charge is 0.341 e. The Bertz CT molecular complexity index is 2240. The second-order valence-corrected chi connectivity index (χ2v) is 17.9. The first-order valence-electron chi connectivity index (χ1n) is 25.0. The van der Waals surface area contributed by atoms with Crippen LogP contribution in [0.25, 0.3) is 0 Å². The fourth-order valence-corrected chi connectivity index (χ4v) is 8.70. The minimum Gasteiger partial charge on any atom is -0.465 e. The lowest BCUT2D eigenvalue weighted by atomic mass is 9.82. The molecule has 0 aliphatic heterocycles. The fourth-order valence-electron chi connectivity index (χ4n) is 8.70. The molecule has 2 aromatic rings. The van der Waals surface area contributed by atoms with Gasteiger partial charge in [0.25, 0.3) is 0 Å². The summed E-state index contributed by atoms with van der Waals surface area (Å²) in [5.74, 6) is -9.51. The number of methoxy groups -OCH3 is 2. The molecule has 22 heteroatoms. The highest BCUT2D eigenvalue weighted by Crippen LogP contribution is 2.36. The van der Waals surface area contributed by atoms with Gasteiger partial charge < -0.3 is 56.8 Å². The van der Waals surface area contributed by atoms with Crippen LogP contribution in [0.2, 0.25) is 0 Å². The lowest BCUT2D eigenvalue weighted by molar-refractivity contribution is -0.154. The molecule has 0 heterocycles. The second-order valence-electron chi connectivity index (χ2n) is 17.9. The first kappa shape index (κ1) is 59.4. The molecular weight excluding hydrogens is 1000 g/mol. The number of rotatable bonds is 26. The maximum absolute atomic E-state index is 13.4. The molecular formula is C54H64O22. The number of carbonyl (C=O) groups is 10. The summed E-state index contributed by atoms with van der Waals surface area (Å²) in [6, 6.07) is 7.85. The predicted octanol–water partition coefficient (Wildman–Crippen LogP) is 5.58. The van der Waals surface area contributed by atoms with Gasteiger partial charge in [0.05, 0.1) is 76.2 Å². The van der Waals surface area contributed by atoms with Crippen LogP contribution in [0, 0.1) is 35.5 Å². The zero-order valence-electron chi connectivity index (χ0n) is 42.6. The van der Waals surface area contributed by atoms with Gasteiger partial charge in [-0.25, -0.2) is 19.2 Å². The van der Waals surface area contributed by atoms with Crippen molar-refractivity contribution in [2.75, 3.05) is 67.1 Å². The van der Waals surface area contributed by atoms with Crippen LogP contribution in [-0.4, -0.2) is 127 Å². The van der Waals surface area contributed by atoms with Crippen molar-refractivity contribution in [1.82, 2.24) is 0 Å². The molecule has 0 amide bonds. The van der Waals surface area contributed by atoms with Gasteiger partial charge in [0.1, 0.15) is 60.6 Å². The SMILES string of the molecule is C=CC(=O)OCCOCCOC(=O)C1CCC(C(=O)Oc2ccc(OC(=O)C3CCC(C(=O)Oc4ccc(OC(=O)C5CCC(C(=O)OCCOCCOC(=O)C=C)CC5)cc4C(=O)OC)CC3)c(C(=O)OC)c2)CC1. The van der Waals surface area contributed by atoms with E-state index >= 15 is 0 Å². The molecule has 76 heavy (non-hydrogen) atoms. The lowest BCUT2D eigenvalue weighted by Gasteiger charge is -2.26. The molecule has 0 aromatic heterocycles. The molecule has 0 bridgehead atoms. The number of hydrogen-bond donors (Lipinski definition) is 0. The van der Waals surface area contributed by atoms with Crippen molar-refractivity contribution in [3.8, 4) is 23.0 Å². The maximum atomic E-state index is 13.4. The van der Waals surface area contributed by atoms with Gasteiger partial charge in [0.2, 0.25) is 0 Å². The van der Waals surface area contributed by atoms with Gasteiger partial charge in [0, 0.05) is 12.2 Å². The summed E-state index contributed by atoms with van der Waals surface area (Å²) >= 11 is 0. The summed E-state index contributed by atoms with van der Waals surface area (Å²) < 4.78 is 63.1. The van der Waals surface area contributed by atoms with E-state index < -0.39 is 95.2 Å². The number of ether oxygens (including phenoxy) is 12. The Balaban J connectivity index is 1.04. The van der Waals surface area contributed by atoms with Crippen LogP contribution in [0.1, 0.15) is 97.8 Å². The molecule has 3 saturated carbocycles. The summed E-state index contributed by atoms with van der Waals surface area (Å²) in [6.07, 6.45) is 5.98. The minimum absolute atomic E-state index is 0.0104. The molecule has 22 nitrogen and oxygen atoms in total. The number of benzene rings is 2. The molecule has 3 aliphatic carbocycles. The predicted molar refractivity (Wildman–Crippen MR) is 260 cm³/mol. The molecule has 2 aromatic carbocycles. The molecule has 3 aliphatic rings. The van der Waals surface area contributed by atoms with Gasteiger partial charge in [-0.05, 0) is 113 Å². The number of esters is 10. The van der Waals surface area contributed by atoms with Crippen LogP contribution in [0.5, 0.6) is 23.0 Å². The van der Waals surface area contributed by atoms with Gasteiger partial charge in [-0.1, -0.05) is 13.2 Å². The van der Waals surface area contributed by atoms with Gasteiger partial charge >= 0.3 is 59.7 Å². The number of carbonyl (C=O) groups excluding carboxylic acids is 10. The topological polar surface area (TPSA) is 281 Å². The molecule has 5 rings (SSSR count). The normalized spacial score (nSPS) is 20.0. The molecule has 0 saturated heterocycles. The maximum Gasteiger partial charge on any atom is 0.341 e. The third-order valence-electron chi connectivity index (χ3n) is 13.0. The van der Waals surface area contributed by atoms with Crippen molar-refractivity contribution >= 4 is 59.7 Å². The highest BCUT2D eigenvalue weighted by molar-refractivity contribution is 5.95. The van der Waals surface area contributed by atoms with Gasteiger partial charge in [-0.15, -0.1) is 0 Å². The first-order chi connectivity index (χ1) is 36.6. The van der Waals surface area contributed by atoms with Crippen LogP contribution in [0.3, 0.4) is 0 Å². The molecule has 0 spiro atoms. The van der Waals surface area contributed by atoms with Crippen LogP contribution in [0.4, 0.5) is 0 Å². The van der Waals surface area contributed by atoms with E-state index in [9.17, 15) is 47.9 Å². The zero-order chi connectivity index (χ0) is 55.0. The van der Waals surface area contributed by atoms with E-state index in [1.807, 2.05) is 0 Å². The van der Waals surface area contributed by atoms with E-state index in [2.05, 4.69) is 13.2 Å². The Kier molecular flexibility index (Phi) is 24.1. The van der Waals surface area contributed by atoms with Gasteiger partial charge in [-0.2, -0.15) is 0 Å². The van der Waals surface area contributed by atoms with E-state index in [1.54, 1.807) is 0 Å². The summed E-state index contributed by atoms with van der Waals surface area (Å²) in [5, 5.41) is 0. The molecule has 3 fully saturated rings. The van der Waals surface area contributed by atoms with Crippen molar-refractivity contribution < 1.29 is 105 Å². The molecule has 0 N–H and O–H groups in total. The van der Waals surface area contributed by atoms with Crippen molar-refractivity contribution in [2.24, 2.45) is 35.5 Å². The Morgan fingerprint density at radius 2 is 0.671 bits per heavy atom. The Morgan fingerprint density at radius 1 is 0.395 bits per heavy atom. The van der Waals surface area contributed by atoms with E-state index in [4.69, 9.17) is 56.8 Å². The van der Waals surface area contributed by atoms with E-state index in [-0.39, 0.29) is 113 Å². The van der Waals surface area contributed by atoms with Crippen molar-refractivity contribution in [3.05, 3.63) is 72.8 Å². The second kappa shape index (κ2) is 30.8. The van der Waals surface area contributed by atoms with E-state index in [0.717, 1.165) is 26.4 Å². The Labute approximate surface area is 438 Å². The van der Waals surface area contributed by atoms with Gasteiger partial charge in [0.15, 0.2) is 0 Å². The monoisotopic (exact) mass is 1060 g/mol. The van der Waals surface area contributed by atoms with E-state index in [0.29, 0.717) is 51.4 Å². The average molecular weight is 1070 g/mol. The standard InChI is InChI=1S/C54H64O22/c1-5-45(55)69-27-23-67-25-29-71-47(57)33-7-11-35(12-8-33)49(59)73-39-19-21-43(41(31-39)53(63)65-3)75-51(61)37-15-17-38(18-16-37)52(62)76-44-22-20-40(32-42(44)54(64)66-4)74-50(60)36-13-9-34(10-14-36)48(58)72-30-26-68-24-28-70-46(56)6-2/h5-6,19-22,31-38H,1-2,7-18,23-30H2,3-4H3. The Hall–Kier alpha value is -7.46. The highest BCUT2D eigenvalue weighted by Gasteiger charge is 2.36. The number of hydrogen-bond acceptors (Lipinski definition) is 22. The van der Waals surface area contributed by atoms with Crippen molar-refractivity contribution in [2.45, 2.75) is 77.0 Å². The lowest BCUT2D eigenvalue weighted by Crippen LogP contribution is -2.31. The van der Waals surface area contributed by atoms with Crippen LogP contribution in [0.15, 0.2) is 61.7 Å². The third-order valence-corrected chi connectivity index (χ3v) is 13.0. The molecule has 0 unspecified atom stereocenters. The summed E-state index contributed by atoms with van der Waals surface area (Å²) in [4.78, 5) is 126. The van der Waals surface area contributed by atoms with Crippen LogP contribution >= 0.6 is 0 Å². The van der Waals surface area contributed by atoms with E-state index in [1.165, 1.54) is 36.4 Å².